The lowest BCUT2D eigenvalue weighted by Gasteiger charge is -2.35. The summed E-state index contributed by atoms with van der Waals surface area (Å²) in [5.74, 6) is 0.0885. The molecule has 2 saturated heterocycles. The molecule has 24 heavy (non-hydrogen) atoms. The highest BCUT2D eigenvalue weighted by molar-refractivity contribution is 6.33. The third kappa shape index (κ3) is 3.42. The molecule has 2 fully saturated rings. The van der Waals surface area contributed by atoms with E-state index in [2.05, 4.69) is 0 Å². The molecule has 0 aliphatic carbocycles. The molecule has 1 aromatic carbocycles. The zero-order valence-electron chi connectivity index (χ0n) is 14.0. The standard InChI is InChI=1S/C18H24ClN3O2/c1-12(20)13-5-4-8-21(10-13)18(24)14-9-17(23)22(11-14)16-7-3-2-6-15(16)19/h2-3,6-7,12-14H,4-5,8-11,20H2,1H3/t12-,13-,14+/m0/s1. The van der Waals surface area contributed by atoms with Crippen molar-refractivity contribution in [2.24, 2.45) is 17.6 Å². The number of carbonyl (C=O) groups is 2. The van der Waals surface area contributed by atoms with Gasteiger partial charge in [0.1, 0.15) is 0 Å². The van der Waals surface area contributed by atoms with Crippen LogP contribution in [0.4, 0.5) is 5.69 Å². The zero-order valence-corrected chi connectivity index (χ0v) is 14.7. The Morgan fingerprint density at radius 2 is 2.08 bits per heavy atom. The van der Waals surface area contributed by atoms with Gasteiger partial charge in [-0.25, -0.2) is 0 Å². The molecule has 2 aliphatic rings. The number of anilines is 1. The minimum Gasteiger partial charge on any atom is -0.342 e. The predicted molar refractivity (Wildman–Crippen MR) is 94.9 cm³/mol. The van der Waals surface area contributed by atoms with Gasteiger partial charge >= 0.3 is 0 Å². The minimum atomic E-state index is -0.291. The monoisotopic (exact) mass is 349 g/mol. The highest BCUT2D eigenvalue weighted by Crippen LogP contribution is 2.32. The second kappa shape index (κ2) is 7.11. The predicted octanol–water partition coefficient (Wildman–Crippen LogP) is 2.28. The van der Waals surface area contributed by atoms with Crippen LogP contribution >= 0.6 is 11.6 Å². The molecule has 130 valence electrons. The summed E-state index contributed by atoms with van der Waals surface area (Å²) in [5.41, 5.74) is 6.69. The molecular formula is C18H24ClN3O2. The van der Waals surface area contributed by atoms with Crippen LogP contribution in [0.1, 0.15) is 26.2 Å². The van der Waals surface area contributed by atoms with E-state index in [1.807, 2.05) is 30.0 Å². The summed E-state index contributed by atoms with van der Waals surface area (Å²) in [6.07, 6.45) is 2.30. The van der Waals surface area contributed by atoms with Gasteiger partial charge in [0.15, 0.2) is 0 Å². The largest absolute Gasteiger partial charge is 0.342 e. The quantitative estimate of drug-likeness (QED) is 0.910. The van der Waals surface area contributed by atoms with Crippen molar-refractivity contribution in [1.82, 2.24) is 4.90 Å². The minimum absolute atomic E-state index is 0.0396. The lowest BCUT2D eigenvalue weighted by molar-refractivity contribution is -0.137. The number of hydrogen-bond donors (Lipinski definition) is 1. The zero-order chi connectivity index (χ0) is 17.3. The van der Waals surface area contributed by atoms with Crippen LogP contribution in [0.5, 0.6) is 0 Å². The molecule has 2 amide bonds. The van der Waals surface area contributed by atoms with Crippen LogP contribution in [-0.4, -0.2) is 42.4 Å². The van der Waals surface area contributed by atoms with Gasteiger partial charge in [0.05, 0.1) is 16.6 Å². The molecule has 6 heteroatoms. The third-order valence-corrected chi connectivity index (χ3v) is 5.45. The van der Waals surface area contributed by atoms with Crippen LogP contribution < -0.4 is 10.6 Å². The van der Waals surface area contributed by atoms with Gasteiger partial charge in [0.25, 0.3) is 0 Å². The van der Waals surface area contributed by atoms with Gasteiger partial charge in [-0.2, -0.15) is 0 Å². The maximum Gasteiger partial charge on any atom is 0.228 e. The van der Waals surface area contributed by atoms with E-state index in [1.165, 1.54) is 0 Å². The Labute approximate surface area is 147 Å². The van der Waals surface area contributed by atoms with Gasteiger partial charge in [0.2, 0.25) is 11.8 Å². The van der Waals surface area contributed by atoms with Gasteiger partial charge in [-0.3, -0.25) is 9.59 Å². The number of para-hydroxylation sites is 1. The summed E-state index contributed by atoms with van der Waals surface area (Å²) in [6, 6.07) is 7.35. The molecule has 0 radical (unpaired) electrons. The van der Waals surface area contributed by atoms with Crippen LogP contribution in [0.25, 0.3) is 0 Å². The lowest BCUT2D eigenvalue weighted by atomic mass is 9.91. The fourth-order valence-corrected chi connectivity index (χ4v) is 3.91. The Morgan fingerprint density at radius 1 is 1.33 bits per heavy atom. The summed E-state index contributed by atoms with van der Waals surface area (Å²) in [6.45, 7) is 3.86. The molecule has 0 spiro atoms. The first-order valence-corrected chi connectivity index (χ1v) is 8.94. The number of halogens is 1. The maximum absolute atomic E-state index is 12.8. The average Bonchev–Trinajstić information content (AvgIpc) is 2.96. The molecule has 3 atom stereocenters. The van der Waals surface area contributed by atoms with E-state index in [-0.39, 0.29) is 30.2 Å². The van der Waals surface area contributed by atoms with E-state index in [0.29, 0.717) is 29.7 Å². The SMILES string of the molecule is C[C@H](N)[C@H]1CCCN(C(=O)[C@@H]2CC(=O)N(c3ccccc3Cl)C2)C1. The Balaban J connectivity index is 1.69. The summed E-state index contributed by atoms with van der Waals surface area (Å²) >= 11 is 6.20. The van der Waals surface area contributed by atoms with Crippen LogP contribution in [-0.2, 0) is 9.59 Å². The number of nitrogens with zero attached hydrogens (tertiary/aromatic N) is 2. The van der Waals surface area contributed by atoms with Crippen LogP contribution in [0, 0.1) is 11.8 Å². The van der Waals surface area contributed by atoms with Crippen LogP contribution in [0.3, 0.4) is 0 Å². The van der Waals surface area contributed by atoms with E-state index >= 15 is 0 Å². The van der Waals surface area contributed by atoms with E-state index in [1.54, 1.807) is 11.0 Å². The summed E-state index contributed by atoms with van der Waals surface area (Å²) in [5, 5.41) is 0.536. The van der Waals surface area contributed by atoms with Crippen molar-refractivity contribution in [3.05, 3.63) is 29.3 Å². The molecule has 3 rings (SSSR count). The van der Waals surface area contributed by atoms with Crippen molar-refractivity contribution in [3.8, 4) is 0 Å². The molecule has 2 N–H and O–H groups in total. The summed E-state index contributed by atoms with van der Waals surface area (Å²) < 4.78 is 0. The number of rotatable bonds is 3. The van der Waals surface area contributed by atoms with E-state index < -0.39 is 0 Å². The van der Waals surface area contributed by atoms with Crippen molar-refractivity contribution in [3.63, 3.8) is 0 Å². The van der Waals surface area contributed by atoms with Gasteiger partial charge in [-0.05, 0) is 37.8 Å². The normalized spacial score (nSPS) is 25.9. The topological polar surface area (TPSA) is 66.6 Å². The molecule has 0 saturated carbocycles. The average molecular weight is 350 g/mol. The Kier molecular flexibility index (Phi) is 5.11. The highest BCUT2D eigenvalue weighted by atomic mass is 35.5. The second-order valence-corrected chi connectivity index (χ2v) is 7.31. The van der Waals surface area contributed by atoms with Crippen molar-refractivity contribution < 1.29 is 9.59 Å². The molecule has 0 aromatic heterocycles. The number of carbonyl (C=O) groups excluding carboxylic acids is 2. The Bertz CT molecular complexity index is 634. The van der Waals surface area contributed by atoms with E-state index in [9.17, 15) is 9.59 Å². The number of hydrogen-bond acceptors (Lipinski definition) is 3. The van der Waals surface area contributed by atoms with Gasteiger partial charge in [-0.15, -0.1) is 0 Å². The molecular weight excluding hydrogens is 326 g/mol. The third-order valence-electron chi connectivity index (χ3n) is 5.13. The summed E-state index contributed by atoms with van der Waals surface area (Å²) in [7, 11) is 0. The smallest absolute Gasteiger partial charge is 0.228 e. The van der Waals surface area contributed by atoms with E-state index in [4.69, 9.17) is 17.3 Å². The summed E-state index contributed by atoms with van der Waals surface area (Å²) in [4.78, 5) is 28.8. The highest BCUT2D eigenvalue weighted by Gasteiger charge is 2.39. The van der Waals surface area contributed by atoms with Crippen LogP contribution in [0.15, 0.2) is 24.3 Å². The van der Waals surface area contributed by atoms with E-state index in [0.717, 1.165) is 19.4 Å². The molecule has 1 aromatic rings. The number of likely N-dealkylation sites (tertiary alicyclic amines) is 1. The number of piperidine rings is 1. The maximum atomic E-state index is 12.8. The molecule has 2 heterocycles. The van der Waals surface area contributed by atoms with Gasteiger partial charge in [-0.1, -0.05) is 23.7 Å². The second-order valence-electron chi connectivity index (χ2n) is 6.90. The first kappa shape index (κ1) is 17.2. The number of amides is 2. The van der Waals surface area contributed by atoms with Crippen molar-refractivity contribution in [1.29, 1.82) is 0 Å². The lowest BCUT2D eigenvalue weighted by Crippen LogP contribution is -2.47. The Hall–Kier alpha value is -1.59. The fourth-order valence-electron chi connectivity index (χ4n) is 3.67. The Morgan fingerprint density at radius 3 is 2.79 bits per heavy atom. The number of benzene rings is 1. The van der Waals surface area contributed by atoms with Gasteiger partial charge < -0.3 is 15.5 Å². The van der Waals surface area contributed by atoms with Crippen molar-refractivity contribution in [2.45, 2.75) is 32.2 Å². The van der Waals surface area contributed by atoms with Crippen molar-refractivity contribution >= 4 is 29.1 Å². The molecule has 2 aliphatic heterocycles. The van der Waals surface area contributed by atoms with Gasteiger partial charge in [0, 0.05) is 32.1 Å². The number of nitrogens with two attached hydrogens (primary N) is 1. The fraction of sp³-hybridized carbons (Fsp3) is 0.556. The van der Waals surface area contributed by atoms with Crippen molar-refractivity contribution in [2.75, 3.05) is 24.5 Å². The van der Waals surface area contributed by atoms with Crippen LogP contribution in [0.2, 0.25) is 5.02 Å². The first-order chi connectivity index (χ1) is 11.5. The molecule has 0 unspecified atom stereocenters. The molecule has 5 nitrogen and oxygen atoms in total. The first-order valence-electron chi connectivity index (χ1n) is 8.56. The molecule has 0 bridgehead atoms.